The van der Waals surface area contributed by atoms with Crippen LogP contribution in [0.1, 0.15) is 6.42 Å². The van der Waals surface area contributed by atoms with E-state index >= 15 is 0 Å². The van der Waals surface area contributed by atoms with Gasteiger partial charge in [-0.05, 0) is 24.6 Å². The Labute approximate surface area is 147 Å². The van der Waals surface area contributed by atoms with Gasteiger partial charge in [0.15, 0.2) is 16.4 Å². The summed E-state index contributed by atoms with van der Waals surface area (Å²) in [6, 6.07) is 7.06. The Bertz CT molecular complexity index is 702. The Morgan fingerprint density at radius 1 is 1.25 bits per heavy atom. The first-order valence-corrected chi connectivity index (χ1v) is 10.2. The number of piperazine rings is 1. The number of benzene rings is 1. The van der Waals surface area contributed by atoms with Crippen LogP contribution in [0.5, 0.6) is 5.75 Å². The summed E-state index contributed by atoms with van der Waals surface area (Å²) >= 11 is 5.88. The summed E-state index contributed by atoms with van der Waals surface area (Å²) in [6.07, 6.45) is 0.703. The fraction of sp³-hybridized carbons (Fsp3) is 0.562. The van der Waals surface area contributed by atoms with Crippen molar-refractivity contribution in [2.45, 2.75) is 12.5 Å². The van der Waals surface area contributed by atoms with Gasteiger partial charge >= 0.3 is 0 Å². The van der Waals surface area contributed by atoms with Gasteiger partial charge in [-0.25, -0.2) is 8.42 Å². The topological polar surface area (TPSA) is 66.9 Å². The summed E-state index contributed by atoms with van der Waals surface area (Å²) in [5.41, 5.74) is 0. The highest BCUT2D eigenvalue weighted by atomic mass is 35.5. The van der Waals surface area contributed by atoms with E-state index in [1.54, 1.807) is 29.2 Å². The smallest absolute Gasteiger partial charge is 0.260 e. The second-order valence-corrected chi connectivity index (χ2v) is 8.88. The summed E-state index contributed by atoms with van der Waals surface area (Å²) in [5.74, 6) is 1.04. The standard InChI is InChI=1S/C16H21ClN2O4S/c17-13-2-1-3-15(10-13)23-11-16(20)19-7-5-18(6-8-19)14-4-9-24(21,22)12-14/h1-3,10,14H,4-9,11-12H2/t14-/m0/s1. The predicted octanol–water partition coefficient (Wildman–Crippen LogP) is 1.05. The van der Waals surface area contributed by atoms with Crippen LogP contribution in [0, 0.1) is 0 Å². The van der Waals surface area contributed by atoms with E-state index in [0.717, 1.165) is 0 Å². The molecule has 1 amide bonds. The van der Waals surface area contributed by atoms with Gasteiger partial charge in [0, 0.05) is 37.2 Å². The summed E-state index contributed by atoms with van der Waals surface area (Å²) in [7, 11) is -2.87. The lowest BCUT2D eigenvalue weighted by atomic mass is 10.2. The molecule has 6 nitrogen and oxygen atoms in total. The van der Waals surface area contributed by atoms with Gasteiger partial charge in [0.25, 0.3) is 5.91 Å². The summed E-state index contributed by atoms with van der Waals surface area (Å²) in [5, 5.41) is 0.570. The van der Waals surface area contributed by atoms with Crippen LogP contribution in [-0.4, -0.2) is 74.5 Å². The lowest BCUT2D eigenvalue weighted by Crippen LogP contribution is -2.53. The largest absolute Gasteiger partial charge is 0.484 e. The molecule has 3 rings (SSSR count). The number of halogens is 1. The van der Waals surface area contributed by atoms with E-state index in [4.69, 9.17) is 16.3 Å². The van der Waals surface area contributed by atoms with Crippen LogP contribution < -0.4 is 4.74 Å². The number of carbonyl (C=O) groups is 1. The molecular weight excluding hydrogens is 352 g/mol. The van der Waals surface area contributed by atoms with Gasteiger partial charge in [0.2, 0.25) is 0 Å². The Morgan fingerprint density at radius 2 is 2.00 bits per heavy atom. The first-order valence-electron chi connectivity index (χ1n) is 8.03. The first-order chi connectivity index (χ1) is 11.4. The molecular formula is C16H21ClN2O4S. The third-order valence-electron chi connectivity index (χ3n) is 4.55. The molecule has 2 aliphatic heterocycles. The number of hydrogen-bond donors (Lipinski definition) is 0. The number of hydrogen-bond acceptors (Lipinski definition) is 5. The normalized spacial score (nSPS) is 24.0. The molecule has 8 heteroatoms. The quantitative estimate of drug-likeness (QED) is 0.790. The molecule has 1 aromatic rings. The van der Waals surface area contributed by atoms with E-state index in [0.29, 0.717) is 43.4 Å². The van der Waals surface area contributed by atoms with Crippen LogP contribution in [0.15, 0.2) is 24.3 Å². The molecule has 2 aliphatic rings. The fourth-order valence-electron chi connectivity index (χ4n) is 3.19. The molecule has 2 heterocycles. The van der Waals surface area contributed by atoms with Gasteiger partial charge in [-0.3, -0.25) is 9.69 Å². The van der Waals surface area contributed by atoms with Crippen LogP contribution in [0.3, 0.4) is 0 Å². The van der Waals surface area contributed by atoms with Crippen LogP contribution in [0.2, 0.25) is 5.02 Å². The molecule has 2 fully saturated rings. The van der Waals surface area contributed by atoms with E-state index in [2.05, 4.69) is 4.90 Å². The van der Waals surface area contributed by atoms with E-state index in [9.17, 15) is 13.2 Å². The average molecular weight is 373 g/mol. The number of rotatable bonds is 4. The van der Waals surface area contributed by atoms with Crippen LogP contribution in [-0.2, 0) is 14.6 Å². The molecule has 0 aromatic heterocycles. The molecule has 0 N–H and O–H groups in total. The minimum absolute atomic E-state index is 0.0157. The highest BCUT2D eigenvalue weighted by Gasteiger charge is 2.34. The zero-order valence-electron chi connectivity index (χ0n) is 13.4. The molecule has 0 radical (unpaired) electrons. The van der Waals surface area contributed by atoms with Crippen LogP contribution in [0.25, 0.3) is 0 Å². The number of carbonyl (C=O) groups excluding carboxylic acids is 1. The number of amides is 1. The fourth-order valence-corrected chi connectivity index (χ4v) is 5.13. The van der Waals surface area contributed by atoms with Crippen molar-refractivity contribution in [2.75, 3.05) is 44.3 Å². The van der Waals surface area contributed by atoms with Gasteiger partial charge < -0.3 is 9.64 Å². The van der Waals surface area contributed by atoms with Crippen molar-refractivity contribution in [3.05, 3.63) is 29.3 Å². The third kappa shape index (κ3) is 4.40. The Kier molecular flexibility index (Phi) is 5.32. The number of nitrogens with zero attached hydrogens (tertiary/aromatic N) is 2. The van der Waals surface area contributed by atoms with Gasteiger partial charge in [-0.1, -0.05) is 17.7 Å². The van der Waals surface area contributed by atoms with E-state index in [1.807, 2.05) is 0 Å². The molecule has 0 spiro atoms. The van der Waals surface area contributed by atoms with E-state index in [-0.39, 0.29) is 30.1 Å². The molecule has 2 saturated heterocycles. The van der Waals surface area contributed by atoms with Crippen molar-refractivity contribution in [3.8, 4) is 5.75 Å². The molecule has 24 heavy (non-hydrogen) atoms. The van der Waals surface area contributed by atoms with Crippen molar-refractivity contribution in [1.82, 2.24) is 9.80 Å². The molecule has 1 atom stereocenters. The molecule has 1 aromatic carbocycles. The number of ether oxygens (including phenoxy) is 1. The van der Waals surface area contributed by atoms with Crippen molar-refractivity contribution >= 4 is 27.3 Å². The molecule has 132 valence electrons. The second-order valence-electron chi connectivity index (χ2n) is 6.22. The summed E-state index contributed by atoms with van der Waals surface area (Å²) in [4.78, 5) is 16.2. The monoisotopic (exact) mass is 372 g/mol. The van der Waals surface area contributed by atoms with Gasteiger partial charge in [-0.2, -0.15) is 0 Å². The first kappa shape index (κ1) is 17.5. The lowest BCUT2D eigenvalue weighted by Gasteiger charge is -2.37. The third-order valence-corrected chi connectivity index (χ3v) is 6.54. The van der Waals surface area contributed by atoms with Gasteiger partial charge in [0.1, 0.15) is 5.75 Å². The van der Waals surface area contributed by atoms with Crippen molar-refractivity contribution < 1.29 is 17.9 Å². The molecule has 0 aliphatic carbocycles. The van der Waals surface area contributed by atoms with Gasteiger partial charge in [0.05, 0.1) is 11.5 Å². The summed E-state index contributed by atoms with van der Waals surface area (Å²) in [6.45, 7) is 2.62. The number of sulfone groups is 1. The van der Waals surface area contributed by atoms with E-state index in [1.165, 1.54) is 0 Å². The maximum Gasteiger partial charge on any atom is 0.260 e. The highest BCUT2D eigenvalue weighted by molar-refractivity contribution is 7.91. The Hall–Kier alpha value is -1.31. The summed E-state index contributed by atoms with van der Waals surface area (Å²) < 4.78 is 28.7. The molecule has 0 bridgehead atoms. The zero-order valence-corrected chi connectivity index (χ0v) is 14.9. The van der Waals surface area contributed by atoms with Crippen molar-refractivity contribution in [1.29, 1.82) is 0 Å². The minimum Gasteiger partial charge on any atom is -0.484 e. The van der Waals surface area contributed by atoms with E-state index < -0.39 is 9.84 Å². The second kappa shape index (κ2) is 7.29. The lowest BCUT2D eigenvalue weighted by molar-refractivity contribution is -0.135. The highest BCUT2D eigenvalue weighted by Crippen LogP contribution is 2.20. The minimum atomic E-state index is -2.87. The maximum atomic E-state index is 12.2. The maximum absolute atomic E-state index is 12.2. The van der Waals surface area contributed by atoms with Crippen molar-refractivity contribution in [2.24, 2.45) is 0 Å². The molecule has 0 unspecified atom stereocenters. The van der Waals surface area contributed by atoms with Crippen LogP contribution in [0.4, 0.5) is 0 Å². The van der Waals surface area contributed by atoms with Crippen molar-refractivity contribution in [3.63, 3.8) is 0 Å². The van der Waals surface area contributed by atoms with Crippen LogP contribution >= 0.6 is 11.6 Å². The Morgan fingerprint density at radius 3 is 2.62 bits per heavy atom. The molecule has 0 saturated carbocycles. The average Bonchev–Trinajstić information content (AvgIpc) is 2.93. The SMILES string of the molecule is O=C(COc1cccc(Cl)c1)N1CCN([C@H]2CCS(=O)(=O)C2)CC1. The van der Waals surface area contributed by atoms with Gasteiger partial charge in [-0.15, -0.1) is 0 Å². The zero-order chi connectivity index (χ0) is 17.2. The Balaban J connectivity index is 1.45. The predicted molar refractivity (Wildman–Crippen MR) is 92.2 cm³/mol.